The molecule has 0 radical (unpaired) electrons. The van der Waals surface area contributed by atoms with Gasteiger partial charge < -0.3 is 5.11 Å². The fourth-order valence-corrected chi connectivity index (χ4v) is 2.89. The molecule has 1 N–H and O–H groups in total. The van der Waals surface area contributed by atoms with Gasteiger partial charge in [0.15, 0.2) is 0 Å². The van der Waals surface area contributed by atoms with Crippen LogP contribution in [0.25, 0.3) is 0 Å². The van der Waals surface area contributed by atoms with E-state index in [1.807, 2.05) is 23.6 Å². The van der Waals surface area contributed by atoms with Crippen LogP contribution in [0.3, 0.4) is 0 Å². The van der Waals surface area contributed by atoms with E-state index in [-0.39, 0.29) is 0 Å². The monoisotopic (exact) mass is 237 g/mol. The molecule has 0 aliphatic heterocycles. The summed E-state index contributed by atoms with van der Waals surface area (Å²) >= 11 is 3.31. The largest absolute Gasteiger partial charge is 0.389 e. The fourth-order valence-electron chi connectivity index (χ4n) is 1.17. The molecule has 0 aliphatic carbocycles. The van der Waals surface area contributed by atoms with Crippen molar-refractivity contribution in [2.24, 2.45) is 0 Å². The third-order valence-corrected chi connectivity index (χ3v) is 3.91. The van der Waals surface area contributed by atoms with Crippen LogP contribution in [0.5, 0.6) is 0 Å². The molecule has 2 nitrogen and oxygen atoms in total. The van der Waals surface area contributed by atoms with Crippen LogP contribution in [-0.4, -0.2) is 10.1 Å². The van der Waals surface area contributed by atoms with Gasteiger partial charge in [0, 0.05) is 6.20 Å². The van der Waals surface area contributed by atoms with Crippen molar-refractivity contribution in [3.05, 3.63) is 41.4 Å². The zero-order valence-electron chi connectivity index (χ0n) is 8.25. The van der Waals surface area contributed by atoms with Gasteiger partial charge in [-0.2, -0.15) is 0 Å². The van der Waals surface area contributed by atoms with Crippen LogP contribution < -0.4 is 0 Å². The van der Waals surface area contributed by atoms with E-state index in [9.17, 15) is 5.11 Å². The molecule has 0 amide bonds. The highest BCUT2D eigenvalue weighted by molar-refractivity contribution is 8.01. The second-order valence-electron chi connectivity index (χ2n) is 3.14. The van der Waals surface area contributed by atoms with E-state index in [1.54, 1.807) is 36.2 Å². The van der Waals surface area contributed by atoms with E-state index in [1.165, 1.54) is 4.21 Å². The number of pyridine rings is 1. The summed E-state index contributed by atoms with van der Waals surface area (Å²) in [6.45, 7) is 1.76. The van der Waals surface area contributed by atoms with Crippen LogP contribution >= 0.6 is 23.1 Å². The SMILES string of the molecule is C[C@@H](O)c1ccnc(Sc2cccs2)c1. The van der Waals surface area contributed by atoms with Crippen molar-refractivity contribution >= 4 is 23.1 Å². The topological polar surface area (TPSA) is 33.1 Å². The number of hydrogen-bond donors (Lipinski definition) is 1. The lowest BCUT2D eigenvalue weighted by atomic mass is 10.2. The summed E-state index contributed by atoms with van der Waals surface area (Å²) in [6, 6.07) is 7.84. The van der Waals surface area contributed by atoms with Crippen molar-refractivity contribution in [2.75, 3.05) is 0 Å². The molecule has 2 heterocycles. The van der Waals surface area contributed by atoms with Gasteiger partial charge in [0.05, 0.1) is 10.3 Å². The first kappa shape index (κ1) is 10.7. The Morgan fingerprint density at radius 3 is 3.00 bits per heavy atom. The average Bonchev–Trinajstić information content (AvgIpc) is 2.71. The number of aliphatic hydroxyl groups is 1. The first-order chi connectivity index (χ1) is 7.25. The van der Waals surface area contributed by atoms with Gasteiger partial charge in [-0.15, -0.1) is 11.3 Å². The predicted octanol–water partition coefficient (Wildman–Crippen LogP) is 3.35. The molecule has 4 heteroatoms. The quantitative estimate of drug-likeness (QED) is 0.888. The Labute approximate surface area is 97.0 Å². The van der Waals surface area contributed by atoms with Gasteiger partial charge in [0.25, 0.3) is 0 Å². The fraction of sp³-hybridized carbons (Fsp3) is 0.182. The summed E-state index contributed by atoms with van der Waals surface area (Å²) in [5, 5.41) is 12.4. The van der Waals surface area contributed by atoms with Crippen LogP contribution in [0.4, 0.5) is 0 Å². The maximum absolute atomic E-state index is 9.44. The maximum atomic E-state index is 9.44. The van der Waals surface area contributed by atoms with Crippen molar-refractivity contribution in [1.82, 2.24) is 4.98 Å². The third kappa shape index (κ3) is 2.81. The second-order valence-corrected chi connectivity index (χ2v) is 5.41. The highest BCUT2D eigenvalue weighted by Crippen LogP contribution is 2.30. The van der Waals surface area contributed by atoms with Crippen molar-refractivity contribution in [2.45, 2.75) is 22.3 Å². The standard InChI is InChI=1S/C11H11NOS2/c1-8(13)9-4-5-12-10(7-9)15-11-3-2-6-14-11/h2-8,13H,1H3/t8-/m1/s1. The highest BCUT2D eigenvalue weighted by Gasteiger charge is 2.04. The third-order valence-electron chi connectivity index (χ3n) is 1.94. The van der Waals surface area contributed by atoms with E-state index < -0.39 is 6.10 Å². The Morgan fingerprint density at radius 1 is 1.47 bits per heavy atom. The molecule has 2 aromatic rings. The smallest absolute Gasteiger partial charge is 0.102 e. The van der Waals surface area contributed by atoms with Crippen LogP contribution in [0.2, 0.25) is 0 Å². The Bertz CT molecular complexity index is 426. The predicted molar refractivity (Wildman–Crippen MR) is 63.3 cm³/mol. The number of hydrogen-bond acceptors (Lipinski definition) is 4. The number of nitrogens with zero attached hydrogens (tertiary/aromatic N) is 1. The summed E-state index contributed by atoms with van der Waals surface area (Å²) in [4.78, 5) is 4.26. The molecule has 0 fully saturated rings. The van der Waals surface area contributed by atoms with Gasteiger partial charge in [-0.1, -0.05) is 17.8 Å². The van der Waals surface area contributed by atoms with E-state index in [2.05, 4.69) is 11.1 Å². The van der Waals surface area contributed by atoms with Crippen LogP contribution in [0, 0.1) is 0 Å². The minimum absolute atomic E-state index is 0.435. The minimum Gasteiger partial charge on any atom is -0.389 e. The van der Waals surface area contributed by atoms with Crippen molar-refractivity contribution in [3.8, 4) is 0 Å². The number of rotatable bonds is 3. The molecule has 78 valence electrons. The van der Waals surface area contributed by atoms with Crippen molar-refractivity contribution in [1.29, 1.82) is 0 Å². The van der Waals surface area contributed by atoms with Gasteiger partial charge in [-0.3, -0.25) is 0 Å². The second kappa shape index (κ2) is 4.79. The Kier molecular flexibility index (Phi) is 3.41. The summed E-state index contributed by atoms with van der Waals surface area (Å²) in [7, 11) is 0. The molecule has 2 rings (SSSR count). The molecule has 0 spiro atoms. The van der Waals surface area contributed by atoms with Gasteiger partial charge >= 0.3 is 0 Å². The maximum Gasteiger partial charge on any atom is 0.102 e. The highest BCUT2D eigenvalue weighted by atomic mass is 32.2. The lowest BCUT2D eigenvalue weighted by Crippen LogP contribution is -1.91. The van der Waals surface area contributed by atoms with Gasteiger partial charge in [0.2, 0.25) is 0 Å². The number of aromatic nitrogens is 1. The molecular weight excluding hydrogens is 226 g/mol. The Hall–Kier alpha value is -0.840. The summed E-state index contributed by atoms with van der Waals surface area (Å²) < 4.78 is 1.21. The van der Waals surface area contributed by atoms with Crippen LogP contribution in [0.15, 0.2) is 45.1 Å². The molecule has 0 aromatic carbocycles. The van der Waals surface area contributed by atoms with Crippen LogP contribution in [0.1, 0.15) is 18.6 Å². The first-order valence-corrected chi connectivity index (χ1v) is 6.30. The summed E-state index contributed by atoms with van der Waals surface area (Å²) in [5.41, 5.74) is 0.907. The zero-order valence-corrected chi connectivity index (χ0v) is 9.89. The minimum atomic E-state index is -0.435. The molecule has 0 saturated heterocycles. The molecule has 1 atom stereocenters. The first-order valence-electron chi connectivity index (χ1n) is 4.61. The Morgan fingerprint density at radius 2 is 2.33 bits per heavy atom. The molecule has 0 saturated carbocycles. The number of aliphatic hydroxyl groups excluding tert-OH is 1. The van der Waals surface area contributed by atoms with E-state index in [4.69, 9.17) is 0 Å². The van der Waals surface area contributed by atoms with Gasteiger partial charge in [0.1, 0.15) is 5.03 Å². The molecule has 0 unspecified atom stereocenters. The molecule has 0 bridgehead atoms. The molecule has 0 aliphatic rings. The Balaban J connectivity index is 2.18. The lowest BCUT2D eigenvalue weighted by molar-refractivity contribution is 0.199. The molecular formula is C11H11NOS2. The van der Waals surface area contributed by atoms with Crippen LogP contribution in [-0.2, 0) is 0 Å². The summed E-state index contributed by atoms with van der Waals surface area (Å²) in [5.74, 6) is 0. The average molecular weight is 237 g/mol. The lowest BCUT2D eigenvalue weighted by Gasteiger charge is -2.05. The van der Waals surface area contributed by atoms with E-state index in [0.717, 1.165) is 10.6 Å². The molecule has 15 heavy (non-hydrogen) atoms. The van der Waals surface area contributed by atoms with Gasteiger partial charge in [-0.25, -0.2) is 4.98 Å². The van der Waals surface area contributed by atoms with Crippen molar-refractivity contribution < 1.29 is 5.11 Å². The van der Waals surface area contributed by atoms with Gasteiger partial charge in [-0.05, 0) is 36.1 Å². The van der Waals surface area contributed by atoms with Crippen molar-refractivity contribution in [3.63, 3.8) is 0 Å². The summed E-state index contributed by atoms with van der Waals surface area (Å²) in [6.07, 6.45) is 1.30. The molecule has 2 aromatic heterocycles. The zero-order chi connectivity index (χ0) is 10.7. The normalized spacial score (nSPS) is 12.7. The van der Waals surface area contributed by atoms with E-state index >= 15 is 0 Å². The van der Waals surface area contributed by atoms with E-state index in [0.29, 0.717) is 0 Å². The number of thiophene rings is 1.